The zero-order valence-electron chi connectivity index (χ0n) is 15.5. The number of nitrogens with zero attached hydrogens (tertiary/aromatic N) is 2. The lowest BCUT2D eigenvalue weighted by Crippen LogP contribution is -2.34. The molecule has 0 aromatic carbocycles. The molecule has 0 radical (unpaired) electrons. The third kappa shape index (κ3) is 4.10. The molecule has 2 aromatic heterocycles. The van der Waals surface area contributed by atoms with Crippen molar-refractivity contribution >= 4 is 39.1 Å². The highest BCUT2D eigenvalue weighted by molar-refractivity contribution is 7.99. The molecule has 0 saturated heterocycles. The summed E-state index contributed by atoms with van der Waals surface area (Å²) in [4.78, 5) is 11.8. The van der Waals surface area contributed by atoms with Gasteiger partial charge in [-0.25, -0.2) is 9.97 Å². The number of aliphatic hydroxyl groups is 1. The topological polar surface area (TPSA) is 67.3 Å². The van der Waals surface area contributed by atoms with E-state index in [1.165, 1.54) is 10.4 Å². The minimum absolute atomic E-state index is 0.131. The van der Waals surface area contributed by atoms with Crippen molar-refractivity contribution < 1.29 is 9.84 Å². The average Bonchev–Trinajstić information content (AvgIpc) is 2.89. The standard InChI is InChI=1S/C18H27N3O2S2/c1-6-18(5)7-12-13(9-23-18)25-16-14(12)15(19-8-11(4)22)20-17(21-16)24-10(2)3/h10-11,22H,6-9H2,1-5H3,(H,19,20,21). The van der Waals surface area contributed by atoms with Gasteiger partial charge in [-0.1, -0.05) is 32.5 Å². The lowest BCUT2D eigenvalue weighted by Gasteiger charge is -2.33. The van der Waals surface area contributed by atoms with Gasteiger partial charge in [0.15, 0.2) is 5.16 Å². The van der Waals surface area contributed by atoms with Crippen molar-refractivity contribution in [1.82, 2.24) is 9.97 Å². The van der Waals surface area contributed by atoms with Crippen molar-refractivity contribution in [3.63, 3.8) is 0 Å². The molecule has 5 nitrogen and oxygen atoms in total. The molecule has 0 aliphatic carbocycles. The number of fused-ring (bicyclic) bond motifs is 3. The highest BCUT2D eigenvalue weighted by Crippen LogP contribution is 2.42. The van der Waals surface area contributed by atoms with Crippen LogP contribution in [0.4, 0.5) is 5.82 Å². The smallest absolute Gasteiger partial charge is 0.191 e. The fourth-order valence-electron chi connectivity index (χ4n) is 2.92. The predicted octanol–water partition coefficient (Wildman–Crippen LogP) is 4.23. The first-order valence-electron chi connectivity index (χ1n) is 8.86. The van der Waals surface area contributed by atoms with E-state index < -0.39 is 6.10 Å². The number of aromatic nitrogens is 2. The summed E-state index contributed by atoms with van der Waals surface area (Å²) < 4.78 is 6.10. The average molecular weight is 382 g/mol. The number of thioether (sulfide) groups is 1. The molecule has 0 amide bonds. The number of anilines is 1. The van der Waals surface area contributed by atoms with Gasteiger partial charge in [0.05, 0.1) is 23.7 Å². The Morgan fingerprint density at radius 3 is 2.76 bits per heavy atom. The van der Waals surface area contributed by atoms with Crippen LogP contribution in [0.3, 0.4) is 0 Å². The first-order chi connectivity index (χ1) is 11.8. The van der Waals surface area contributed by atoms with E-state index in [0.29, 0.717) is 18.4 Å². The van der Waals surface area contributed by atoms with E-state index in [1.807, 2.05) is 0 Å². The van der Waals surface area contributed by atoms with Gasteiger partial charge in [-0.05, 0) is 25.8 Å². The van der Waals surface area contributed by atoms with Crippen molar-refractivity contribution in [2.45, 2.75) is 76.2 Å². The summed E-state index contributed by atoms with van der Waals surface area (Å²) in [7, 11) is 0. The molecular weight excluding hydrogens is 354 g/mol. The highest BCUT2D eigenvalue weighted by Gasteiger charge is 2.33. The highest BCUT2D eigenvalue weighted by atomic mass is 32.2. The zero-order chi connectivity index (χ0) is 18.2. The molecule has 0 saturated carbocycles. The summed E-state index contributed by atoms with van der Waals surface area (Å²) in [6.45, 7) is 11.5. The largest absolute Gasteiger partial charge is 0.392 e. The fraction of sp³-hybridized carbons (Fsp3) is 0.667. The van der Waals surface area contributed by atoms with Crippen LogP contribution in [0.2, 0.25) is 0 Å². The van der Waals surface area contributed by atoms with Gasteiger partial charge in [0.2, 0.25) is 0 Å². The van der Waals surface area contributed by atoms with Gasteiger partial charge in [0.25, 0.3) is 0 Å². The fourth-order valence-corrected chi connectivity index (χ4v) is 4.79. The van der Waals surface area contributed by atoms with Gasteiger partial charge >= 0.3 is 0 Å². The van der Waals surface area contributed by atoms with E-state index in [0.717, 1.165) is 34.0 Å². The maximum atomic E-state index is 9.68. The molecule has 25 heavy (non-hydrogen) atoms. The van der Waals surface area contributed by atoms with E-state index in [1.54, 1.807) is 30.0 Å². The first kappa shape index (κ1) is 18.9. The summed E-state index contributed by atoms with van der Waals surface area (Å²) in [6, 6.07) is 0. The van der Waals surface area contributed by atoms with Crippen LogP contribution >= 0.6 is 23.1 Å². The Morgan fingerprint density at radius 2 is 2.12 bits per heavy atom. The second-order valence-corrected chi connectivity index (χ2v) is 9.83. The van der Waals surface area contributed by atoms with Crippen molar-refractivity contribution in [2.75, 3.05) is 11.9 Å². The second-order valence-electron chi connectivity index (χ2n) is 7.20. The number of hydrogen-bond donors (Lipinski definition) is 2. The van der Waals surface area contributed by atoms with E-state index in [-0.39, 0.29) is 5.60 Å². The molecule has 2 unspecified atom stereocenters. The van der Waals surface area contributed by atoms with Gasteiger partial charge in [-0.3, -0.25) is 0 Å². The van der Waals surface area contributed by atoms with Crippen molar-refractivity contribution in [2.24, 2.45) is 0 Å². The van der Waals surface area contributed by atoms with Gasteiger partial charge in [-0.15, -0.1) is 11.3 Å². The summed E-state index contributed by atoms with van der Waals surface area (Å²) in [5.41, 5.74) is 1.18. The Hall–Kier alpha value is -0.890. The van der Waals surface area contributed by atoms with E-state index >= 15 is 0 Å². The number of thiophene rings is 1. The Bertz CT molecular complexity index is 760. The molecule has 2 atom stereocenters. The molecule has 3 heterocycles. The molecular formula is C18H27N3O2S2. The zero-order valence-corrected chi connectivity index (χ0v) is 17.2. The Balaban J connectivity index is 2.09. The minimum Gasteiger partial charge on any atom is -0.392 e. The van der Waals surface area contributed by atoms with E-state index in [9.17, 15) is 5.11 Å². The van der Waals surface area contributed by atoms with Gasteiger partial charge in [-0.2, -0.15) is 0 Å². The molecule has 3 rings (SSSR count). The van der Waals surface area contributed by atoms with Gasteiger partial charge in [0, 0.05) is 23.1 Å². The van der Waals surface area contributed by atoms with Gasteiger partial charge in [0.1, 0.15) is 10.6 Å². The van der Waals surface area contributed by atoms with Crippen LogP contribution in [0.5, 0.6) is 0 Å². The van der Waals surface area contributed by atoms with Gasteiger partial charge < -0.3 is 15.2 Å². The molecule has 1 aliphatic heterocycles. The minimum atomic E-state index is -0.426. The monoisotopic (exact) mass is 381 g/mol. The van der Waals surface area contributed by atoms with Crippen LogP contribution in [0.15, 0.2) is 5.16 Å². The van der Waals surface area contributed by atoms with Crippen molar-refractivity contribution in [3.8, 4) is 0 Å². The van der Waals surface area contributed by atoms with Crippen LogP contribution in [0.25, 0.3) is 10.2 Å². The predicted molar refractivity (Wildman–Crippen MR) is 106 cm³/mol. The molecule has 1 aliphatic rings. The first-order valence-corrected chi connectivity index (χ1v) is 10.6. The third-order valence-corrected chi connectivity index (χ3v) is 6.43. The van der Waals surface area contributed by atoms with Crippen LogP contribution in [0.1, 0.15) is 51.5 Å². The third-order valence-electron chi connectivity index (χ3n) is 4.47. The quantitative estimate of drug-likeness (QED) is 0.577. The van der Waals surface area contributed by atoms with Crippen LogP contribution < -0.4 is 5.32 Å². The number of aliphatic hydroxyl groups excluding tert-OH is 1. The molecule has 0 bridgehead atoms. The maximum absolute atomic E-state index is 9.68. The lowest BCUT2D eigenvalue weighted by molar-refractivity contribution is -0.0542. The summed E-state index contributed by atoms with van der Waals surface area (Å²) in [6.07, 6.45) is 1.43. The van der Waals surface area contributed by atoms with Crippen molar-refractivity contribution in [1.29, 1.82) is 0 Å². The van der Waals surface area contributed by atoms with Crippen LogP contribution in [-0.2, 0) is 17.8 Å². The molecule has 0 fully saturated rings. The number of ether oxygens (including phenoxy) is 1. The number of nitrogens with one attached hydrogen (secondary N) is 1. The SMILES string of the molecule is CCC1(C)Cc2c(sc3nc(SC(C)C)nc(NCC(C)O)c23)CO1. The summed E-state index contributed by atoms with van der Waals surface area (Å²) >= 11 is 3.37. The van der Waals surface area contributed by atoms with Crippen molar-refractivity contribution in [3.05, 3.63) is 10.4 Å². The molecule has 2 N–H and O–H groups in total. The second kappa shape index (κ2) is 7.39. The molecule has 2 aromatic rings. The summed E-state index contributed by atoms with van der Waals surface area (Å²) in [5.74, 6) is 0.840. The summed E-state index contributed by atoms with van der Waals surface area (Å²) in [5, 5.41) is 15.3. The molecule has 0 spiro atoms. The Kier molecular flexibility index (Phi) is 5.58. The van der Waals surface area contributed by atoms with E-state index in [4.69, 9.17) is 14.7 Å². The number of rotatable bonds is 6. The Labute approximate surface area is 157 Å². The van der Waals surface area contributed by atoms with Crippen LogP contribution in [0, 0.1) is 0 Å². The van der Waals surface area contributed by atoms with E-state index in [2.05, 4.69) is 33.0 Å². The Morgan fingerprint density at radius 1 is 1.36 bits per heavy atom. The maximum Gasteiger partial charge on any atom is 0.191 e. The molecule has 7 heteroatoms. The number of hydrogen-bond acceptors (Lipinski definition) is 7. The lowest BCUT2D eigenvalue weighted by atomic mass is 9.90. The normalized spacial score (nSPS) is 21.6. The molecule has 138 valence electrons. The van der Waals surface area contributed by atoms with Crippen LogP contribution in [-0.4, -0.2) is 38.6 Å².